The summed E-state index contributed by atoms with van der Waals surface area (Å²) in [6, 6.07) is 8.76. The highest BCUT2D eigenvalue weighted by atomic mass is 19.2. The molecule has 1 N–H and O–H groups in total. The molecule has 0 spiro atoms. The normalized spacial score (nSPS) is 10.4. The van der Waals surface area contributed by atoms with Crippen LogP contribution in [-0.4, -0.2) is 0 Å². The number of rotatable bonds is 2. The van der Waals surface area contributed by atoms with E-state index in [0.717, 1.165) is 0 Å². The van der Waals surface area contributed by atoms with E-state index in [1.165, 1.54) is 24.3 Å². The Hall–Kier alpha value is -2.04. The first-order valence-electron chi connectivity index (χ1n) is 4.65. The fourth-order valence-corrected chi connectivity index (χ4v) is 1.30. The maximum absolute atomic E-state index is 13.3. The molecule has 5 heteroatoms. The van der Waals surface area contributed by atoms with Gasteiger partial charge in [-0.15, -0.1) is 0 Å². The Labute approximate surface area is 94.7 Å². The summed E-state index contributed by atoms with van der Waals surface area (Å²) in [5, 5.41) is 2.27. The number of nitrogens with one attached hydrogen (secondary N) is 1. The van der Waals surface area contributed by atoms with Crippen LogP contribution in [0.1, 0.15) is 0 Å². The lowest BCUT2D eigenvalue weighted by Crippen LogP contribution is -2.02. The number of halogens is 4. The van der Waals surface area contributed by atoms with Crippen molar-refractivity contribution < 1.29 is 17.6 Å². The molecule has 1 radical (unpaired) electrons. The van der Waals surface area contributed by atoms with Crippen molar-refractivity contribution in [1.82, 2.24) is 0 Å². The molecule has 0 heterocycles. The van der Waals surface area contributed by atoms with Crippen LogP contribution in [0, 0.1) is 29.3 Å². The second kappa shape index (κ2) is 4.45. The Kier molecular flexibility index (Phi) is 2.99. The standard InChI is InChI=1S/C12H6F4N/c13-8-6-9(14)11(16)12(10(8)15)17-7-4-2-1-3-5-7/h2-6,17H. The molecule has 0 amide bonds. The minimum atomic E-state index is -1.46. The van der Waals surface area contributed by atoms with Gasteiger partial charge in [-0.25, -0.2) is 17.6 Å². The predicted octanol–water partition coefficient (Wildman–Crippen LogP) is 3.79. The van der Waals surface area contributed by atoms with Crippen LogP contribution in [0.4, 0.5) is 28.9 Å². The van der Waals surface area contributed by atoms with Crippen molar-refractivity contribution in [2.24, 2.45) is 0 Å². The van der Waals surface area contributed by atoms with E-state index in [4.69, 9.17) is 0 Å². The number of hydrogen-bond acceptors (Lipinski definition) is 1. The lowest BCUT2D eigenvalue weighted by Gasteiger charge is -2.09. The van der Waals surface area contributed by atoms with Crippen molar-refractivity contribution in [3.63, 3.8) is 0 Å². The first-order valence-corrected chi connectivity index (χ1v) is 4.65. The Morgan fingerprint density at radius 3 is 1.94 bits per heavy atom. The average molecular weight is 240 g/mol. The summed E-state index contributed by atoms with van der Waals surface area (Å²) < 4.78 is 52.3. The molecule has 2 rings (SSSR count). The molecule has 2 aromatic rings. The Morgan fingerprint density at radius 1 is 0.882 bits per heavy atom. The molecule has 0 fully saturated rings. The Balaban J connectivity index is 2.46. The average Bonchev–Trinajstić information content (AvgIpc) is 2.33. The number of benzene rings is 2. The Morgan fingerprint density at radius 2 is 1.41 bits per heavy atom. The fraction of sp³-hybridized carbons (Fsp3) is 0. The van der Waals surface area contributed by atoms with Gasteiger partial charge in [-0.05, 0) is 18.2 Å². The third-order valence-corrected chi connectivity index (χ3v) is 2.10. The molecule has 2 aromatic carbocycles. The molecule has 0 aromatic heterocycles. The van der Waals surface area contributed by atoms with E-state index in [0.29, 0.717) is 5.69 Å². The highest BCUT2D eigenvalue weighted by Crippen LogP contribution is 2.27. The van der Waals surface area contributed by atoms with Crippen LogP contribution in [0.2, 0.25) is 0 Å². The van der Waals surface area contributed by atoms with Gasteiger partial charge in [0.15, 0.2) is 23.3 Å². The second-order valence-electron chi connectivity index (χ2n) is 3.26. The fourth-order valence-electron chi connectivity index (χ4n) is 1.30. The molecule has 87 valence electrons. The number of anilines is 2. The molecular weight excluding hydrogens is 234 g/mol. The lowest BCUT2D eigenvalue weighted by atomic mass is 10.2. The van der Waals surface area contributed by atoms with Crippen molar-refractivity contribution in [2.45, 2.75) is 0 Å². The van der Waals surface area contributed by atoms with Crippen LogP contribution in [0.5, 0.6) is 0 Å². The second-order valence-corrected chi connectivity index (χ2v) is 3.26. The zero-order chi connectivity index (χ0) is 12.4. The summed E-state index contributed by atoms with van der Waals surface area (Å²) >= 11 is 0. The monoisotopic (exact) mass is 240 g/mol. The van der Waals surface area contributed by atoms with Gasteiger partial charge in [0.1, 0.15) is 5.69 Å². The highest BCUT2D eigenvalue weighted by Gasteiger charge is 2.18. The van der Waals surface area contributed by atoms with Gasteiger partial charge in [0.05, 0.1) is 0 Å². The molecule has 0 saturated heterocycles. The van der Waals surface area contributed by atoms with Crippen molar-refractivity contribution >= 4 is 11.4 Å². The molecule has 17 heavy (non-hydrogen) atoms. The summed E-state index contributed by atoms with van der Waals surface area (Å²) in [7, 11) is 0. The molecular formula is C12H6F4N. The zero-order valence-electron chi connectivity index (χ0n) is 8.40. The summed E-state index contributed by atoms with van der Waals surface area (Å²) in [6.07, 6.45) is 0. The summed E-state index contributed by atoms with van der Waals surface area (Å²) in [5.74, 6) is -5.82. The van der Waals surface area contributed by atoms with Gasteiger partial charge in [0.2, 0.25) is 0 Å². The van der Waals surface area contributed by atoms with Crippen molar-refractivity contribution in [3.8, 4) is 0 Å². The van der Waals surface area contributed by atoms with Gasteiger partial charge in [0, 0.05) is 11.8 Å². The maximum Gasteiger partial charge on any atom is 0.185 e. The first-order chi connectivity index (χ1) is 8.09. The van der Waals surface area contributed by atoms with Crippen LogP contribution < -0.4 is 5.32 Å². The van der Waals surface area contributed by atoms with Crippen LogP contribution >= 0.6 is 0 Å². The van der Waals surface area contributed by atoms with Gasteiger partial charge in [-0.1, -0.05) is 12.1 Å². The van der Waals surface area contributed by atoms with Gasteiger partial charge < -0.3 is 5.32 Å². The third-order valence-electron chi connectivity index (χ3n) is 2.10. The highest BCUT2D eigenvalue weighted by molar-refractivity contribution is 5.60. The topological polar surface area (TPSA) is 12.0 Å². The minimum Gasteiger partial charge on any atom is -0.351 e. The largest absolute Gasteiger partial charge is 0.351 e. The summed E-state index contributed by atoms with van der Waals surface area (Å²) in [6.45, 7) is 0. The van der Waals surface area contributed by atoms with Gasteiger partial charge in [-0.3, -0.25) is 0 Å². The molecule has 0 bridgehead atoms. The van der Waals surface area contributed by atoms with Crippen LogP contribution in [-0.2, 0) is 0 Å². The van der Waals surface area contributed by atoms with E-state index in [-0.39, 0.29) is 6.07 Å². The van der Waals surface area contributed by atoms with Crippen LogP contribution in [0.25, 0.3) is 0 Å². The van der Waals surface area contributed by atoms with Crippen molar-refractivity contribution in [1.29, 1.82) is 0 Å². The van der Waals surface area contributed by atoms with Gasteiger partial charge in [-0.2, -0.15) is 0 Å². The molecule has 0 aliphatic rings. The zero-order valence-corrected chi connectivity index (χ0v) is 8.40. The van der Waals surface area contributed by atoms with E-state index < -0.39 is 29.0 Å². The molecule has 0 saturated carbocycles. The summed E-state index contributed by atoms with van der Waals surface area (Å²) in [5.41, 5.74) is -0.555. The van der Waals surface area contributed by atoms with Crippen molar-refractivity contribution in [2.75, 3.05) is 5.32 Å². The quantitative estimate of drug-likeness (QED) is 0.622. The SMILES string of the molecule is Fc1cc(F)c(F)c(Nc2cc[c]cc2)c1F. The van der Waals surface area contributed by atoms with Crippen molar-refractivity contribution in [3.05, 3.63) is 59.7 Å². The van der Waals surface area contributed by atoms with Crippen LogP contribution in [0.3, 0.4) is 0 Å². The minimum absolute atomic E-state index is 0.161. The van der Waals surface area contributed by atoms with E-state index >= 15 is 0 Å². The van der Waals surface area contributed by atoms with Gasteiger partial charge in [0.25, 0.3) is 0 Å². The smallest absolute Gasteiger partial charge is 0.185 e. The molecule has 0 atom stereocenters. The van der Waals surface area contributed by atoms with Gasteiger partial charge >= 0.3 is 0 Å². The maximum atomic E-state index is 13.3. The first kappa shape index (κ1) is 11.4. The third kappa shape index (κ3) is 2.22. The molecule has 0 unspecified atom stereocenters. The van der Waals surface area contributed by atoms with E-state index in [2.05, 4.69) is 11.4 Å². The molecule has 0 aliphatic carbocycles. The lowest BCUT2D eigenvalue weighted by molar-refractivity contribution is 0.459. The molecule has 0 aliphatic heterocycles. The summed E-state index contributed by atoms with van der Waals surface area (Å²) in [4.78, 5) is 0. The Bertz CT molecular complexity index is 514. The van der Waals surface area contributed by atoms with E-state index in [9.17, 15) is 17.6 Å². The van der Waals surface area contributed by atoms with E-state index in [1.54, 1.807) is 0 Å². The van der Waals surface area contributed by atoms with Crippen LogP contribution in [0.15, 0.2) is 30.3 Å². The predicted molar refractivity (Wildman–Crippen MR) is 54.8 cm³/mol. The number of hydrogen-bond donors (Lipinski definition) is 1. The van der Waals surface area contributed by atoms with E-state index in [1.807, 2.05) is 0 Å². The molecule has 1 nitrogen and oxygen atoms in total.